The van der Waals surface area contributed by atoms with Crippen molar-refractivity contribution in [1.29, 1.82) is 0 Å². The third-order valence-electron chi connectivity index (χ3n) is 4.32. The number of nitrogens with one attached hydrogen (secondary N) is 2. The molecule has 0 aliphatic carbocycles. The van der Waals surface area contributed by atoms with Crippen LogP contribution >= 0.6 is 11.6 Å². The number of rotatable bonds is 8. The Balaban J connectivity index is 1.77. The van der Waals surface area contributed by atoms with Crippen molar-refractivity contribution in [3.8, 4) is 0 Å². The third kappa shape index (κ3) is 5.01. The van der Waals surface area contributed by atoms with Gasteiger partial charge in [-0.3, -0.25) is 9.79 Å². The van der Waals surface area contributed by atoms with Gasteiger partial charge in [-0.05, 0) is 49.2 Å². The van der Waals surface area contributed by atoms with Crippen LogP contribution in [-0.2, 0) is 0 Å². The molecule has 0 aliphatic rings. The average Bonchev–Trinajstić information content (AvgIpc) is 3.14. The van der Waals surface area contributed by atoms with Crippen LogP contribution in [-0.4, -0.2) is 34.1 Å². The van der Waals surface area contributed by atoms with E-state index in [4.69, 9.17) is 23.1 Å². The fourth-order valence-corrected chi connectivity index (χ4v) is 2.94. The number of H-pyrrole nitrogens is 1. The minimum atomic E-state index is -0.287. The van der Waals surface area contributed by atoms with E-state index in [1.807, 2.05) is 24.3 Å². The third-order valence-corrected chi connectivity index (χ3v) is 4.59. The number of fused-ring (bicyclic) bond motifs is 1. The molecule has 1 amide bonds. The van der Waals surface area contributed by atoms with Crippen molar-refractivity contribution in [3.63, 3.8) is 0 Å². The summed E-state index contributed by atoms with van der Waals surface area (Å²) in [6.45, 7) is 0.535. The highest BCUT2D eigenvalue weighted by atomic mass is 35.5. The second-order valence-corrected chi connectivity index (χ2v) is 6.70. The Kier molecular flexibility index (Phi) is 6.49. The molecule has 2 aromatic carbocycles. The minimum absolute atomic E-state index is 0.186. The number of aromatic amines is 1. The summed E-state index contributed by atoms with van der Waals surface area (Å²) in [5, 5.41) is 3.05. The summed E-state index contributed by atoms with van der Waals surface area (Å²) in [7, 11) is 0. The molecule has 6 N–H and O–H groups in total. The number of aliphatic imine (C=N–C) groups is 1. The smallest absolute Gasteiger partial charge is 0.251 e. The van der Waals surface area contributed by atoms with Crippen molar-refractivity contribution in [1.82, 2.24) is 15.3 Å². The predicted molar refractivity (Wildman–Crippen MR) is 114 cm³/mol. The van der Waals surface area contributed by atoms with Gasteiger partial charge in [0.15, 0.2) is 0 Å². The van der Waals surface area contributed by atoms with E-state index in [1.165, 1.54) is 0 Å². The summed E-state index contributed by atoms with van der Waals surface area (Å²) in [4.78, 5) is 24.8. The van der Waals surface area contributed by atoms with Crippen molar-refractivity contribution in [2.24, 2.45) is 10.7 Å². The lowest BCUT2D eigenvalue weighted by atomic mass is 10.1. The van der Waals surface area contributed by atoms with Crippen molar-refractivity contribution in [3.05, 3.63) is 59.9 Å². The van der Waals surface area contributed by atoms with E-state index in [0.717, 1.165) is 17.5 Å². The molecule has 7 nitrogen and oxygen atoms in total. The van der Waals surface area contributed by atoms with Crippen LogP contribution in [0.5, 0.6) is 0 Å². The van der Waals surface area contributed by atoms with Gasteiger partial charge in [0.25, 0.3) is 5.91 Å². The fourth-order valence-electron chi connectivity index (χ4n) is 2.85. The standard InChI is InChI=1S/C20H23ClN6O/c21-12-18(23)24-11-3-6-17(19-25-15-4-1-2-5-16(15)26-19)27-20(28)13-7-9-14(22)10-8-13/h1-2,4-5,7-10,17H,3,6,11-12,22H2,(H2,23,24)(H,25,26)(H,27,28). The zero-order valence-electron chi connectivity index (χ0n) is 15.4. The Morgan fingerprint density at radius 2 is 1.96 bits per heavy atom. The number of carbonyl (C=O) groups is 1. The van der Waals surface area contributed by atoms with Crippen LogP contribution in [0.1, 0.15) is 35.1 Å². The van der Waals surface area contributed by atoms with E-state index < -0.39 is 0 Å². The van der Waals surface area contributed by atoms with Crippen LogP contribution < -0.4 is 16.8 Å². The maximum absolute atomic E-state index is 12.7. The number of alkyl halides is 1. The molecule has 0 spiro atoms. The molecule has 0 saturated heterocycles. The molecule has 0 bridgehead atoms. The molecule has 0 saturated carbocycles. The van der Waals surface area contributed by atoms with Gasteiger partial charge >= 0.3 is 0 Å². The van der Waals surface area contributed by atoms with Gasteiger partial charge in [0.2, 0.25) is 0 Å². The van der Waals surface area contributed by atoms with E-state index in [-0.39, 0.29) is 17.8 Å². The molecule has 1 aromatic heterocycles. The van der Waals surface area contributed by atoms with Gasteiger partial charge in [-0.15, -0.1) is 11.6 Å². The fraction of sp³-hybridized carbons (Fsp3) is 0.250. The van der Waals surface area contributed by atoms with Gasteiger partial charge in [0, 0.05) is 17.8 Å². The topological polar surface area (TPSA) is 122 Å². The first-order valence-corrected chi connectivity index (χ1v) is 9.56. The number of benzene rings is 2. The number of amides is 1. The second-order valence-electron chi connectivity index (χ2n) is 6.44. The molecule has 3 aromatic rings. The van der Waals surface area contributed by atoms with Crippen LogP contribution in [0.15, 0.2) is 53.5 Å². The number of hydrogen-bond acceptors (Lipinski definition) is 4. The van der Waals surface area contributed by atoms with Gasteiger partial charge in [-0.25, -0.2) is 4.98 Å². The van der Waals surface area contributed by atoms with E-state index >= 15 is 0 Å². The zero-order chi connectivity index (χ0) is 19.9. The van der Waals surface area contributed by atoms with E-state index in [9.17, 15) is 4.79 Å². The van der Waals surface area contributed by atoms with Crippen LogP contribution in [0.4, 0.5) is 5.69 Å². The van der Waals surface area contributed by atoms with Crippen LogP contribution in [0.3, 0.4) is 0 Å². The molecule has 3 rings (SSSR count). The average molecular weight is 399 g/mol. The Bertz CT molecular complexity index is 933. The maximum Gasteiger partial charge on any atom is 0.251 e. The lowest BCUT2D eigenvalue weighted by Crippen LogP contribution is -2.29. The zero-order valence-corrected chi connectivity index (χ0v) is 16.1. The normalized spacial score (nSPS) is 12.8. The van der Waals surface area contributed by atoms with E-state index in [0.29, 0.717) is 35.9 Å². The minimum Gasteiger partial charge on any atom is -0.399 e. The van der Waals surface area contributed by atoms with Gasteiger partial charge in [0.1, 0.15) is 11.7 Å². The van der Waals surface area contributed by atoms with Crippen LogP contribution in [0.2, 0.25) is 0 Å². The van der Waals surface area contributed by atoms with Gasteiger partial charge < -0.3 is 21.8 Å². The number of imidazole rings is 1. The molecular formula is C20H23ClN6O. The van der Waals surface area contributed by atoms with Crippen LogP contribution in [0, 0.1) is 0 Å². The van der Waals surface area contributed by atoms with Crippen molar-refractivity contribution < 1.29 is 4.79 Å². The Morgan fingerprint density at radius 3 is 2.68 bits per heavy atom. The Labute approximate surface area is 168 Å². The van der Waals surface area contributed by atoms with Crippen molar-refractivity contribution in [2.75, 3.05) is 18.2 Å². The number of aromatic nitrogens is 2. The molecule has 146 valence electrons. The monoisotopic (exact) mass is 398 g/mol. The molecule has 1 atom stereocenters. The summed E-state index contributed by atoms with van der Waals surface area (Å²) < 4.78 is 0. The molecule has 1 heterocycles. The molecular weight excluding hydrogens is 376 g/mol. The van der Waals surface area contributed by atoms with E-state index in [2.05, 4.69) is 20.3 Å². The Morgan fingerprint density at radius 1 is 1.21 bits per heavy atom. The molecule has 28 heavy (non-hydrogen) atoms. The molecule has 1 unspecified atom stereocenters. The number of nitrogen functional groups attached to an aromatic ring is 1. The lowest BCUT2D eigenvalue weighted by Gasteiger charge is -2.16. The quantitative estimate of drug-likeness (QED) is 0.153. The number of anilines is 1. The SMILES string of the molecule is NC(CCl)=NCCCC(NC(=O)c1ccc(N)cc1)c1nc2ccccc2[nH]1. The lowest BCUT2D eigenvalue weighted by molar-refractivity contribution is 0.0932. The first kappa shape index (κ1) is 19.7. The number of amidine groups is 1. The van der Waals surface area contributed by atoms with Gasteiger partial charge in [-0.1, -0.05) is 12.1 Å². The van der Waals surface area contributed by atoms with Crippen molar-refractivity contribution >= 4 is 40.1 Å². The van der Waals surface area contributed by atoms with Gasteiger partial charge in [0.05, 0.1) is 23.0 Å². The summed E-state index contributed by atoms with van der Waals surface area (Å²) in [5.41, 5.74) is 14.3. The molecule has 8 heteroatoms. The Hall–Kier alpha value is -3.06. The summed E-state index contributed by atoms with van der Waals surface area (Å²) in [5.74, 6) is 1.14. The number of nitrogens with zero attached hydrogens (tertiary/aromatic N) is 2. The highest BCUT2D eigenvalue weighted by Crippen LogP contribution is 2.20. The van der Waals surface area contributed by atoms with Crippen LogP contribution in [0.25, 0.3) is 11.0 Å². The van der Waals surface area contributed by atoms with Gasteiger partial charge in [-0.2, -0.15) is 0 Å². The van der Waals surface area contributed by atoms with E-state index in [1.54, 1.807) is 24.3 Å². The largest absolute Gasteiger partial charge is 0.399 e. The summed E-state index contributed by atoms with van der Waals surface area (Å²) in [6, 6.07) is 14.3. The highest BCUT2D eigenvalue weighted by molar-refractivity contribution is 6.27. The number of nitrogens with two attached hydrogens (primary N) is 2. The number of carbonyl (C=O) groups excluding carboxylic acids is 1. The highest BCUT2D eigenvalue weighted by Gasteiger charge is 2.19. The molecule has 0 radical (unpaired) electrons. The number of hydrogen-bond donors (Lipinski definition) is 4. The summed E-state index contributed by atoms with van der Waals surface area (Å²) in [6.07, 6.45) is 1.38. The first-order valence-electron chi connectivity index (χ1n) is 9.02. The molecule has 0 fully saturated rings. The number of halogens is 1. The maximum atomic E-state index is 12.7. The first-order chi connectivity index (χ1) is 13.6. The molecule has 0 aliphatic heterocycles. The van der Waals surface area contributed by atoms with Crippen molar-refractivity contribution in [2.45, 2.75) is 18.9 Å². The predicted octanol–water partition coefficient (Wildman–Crippen LogP) is 2.99. The summed E-state index contributed by atoms with van der Waals surface area (Å²) >= 11 is 5.65. The second kappa shape index (κ2) is 9.23. The number of para-hydroxylation sites is 2.